The van der Waals surface area contributed by atoms with Crippen molar-refractivity contribution in [1.29, 1.82) is 5.26 Å². The Hall–Kier alpha value is -2.63. The van der Waals surface area contributed by atoms with E-state index in [1.54, 1.807) is 0 Å². The Bertz CT molecular complexity index is 825. The van der Waals surface area contributed by atoms with Gasteiger partial charge in [0.05, 0.1) is 11.6 Å². The maximum atomic E-state index is 8.97. The van der Waals surface area contributed by atoms with Crippen molar-refractivity contribution in [1.82, 2.24) is 5.32 Å². The van der Waals surface area contributed by atoms with Gasteiger partial charge in [-0.1, -0.05) is 54.6 Å². The standard InChI is InChI=1S/C20H18N2/c1-15(22-14-17-7-4-6-16(12-17)13-21)19-11-5-9-18-8-2-3-10-20(18)19/h2-12,15,22H,14H2,1H3/t15-/m1/s1. The van der Waals surface area contributed by atoms with E-state index >= 15 is 0 Å². The molecule has 22 heavy (non-hydrogen) atoms. The molecule has 3 rings (SSSR count). The lowest BCUT2D eigenvalue weighted by atomic mass is 9.99. The van der Waals surface area contributed by atoms with Gasteiger partial charge in [-0.05, 0) is 41.0 Å². The minimum atomic E-state index is 0.247. The maximum absolute atomic E-state index is 8.97. The van der Waals surface area contributed by atoms with Crippen LogP contribution in [-0.2, 0) is 6.54 Å². The molecule has 0 amide bonds. The second-order valence-corrected chi connectivity index (χ2v) is 5.48. The van der Waals surface area contributed by atoms with Gasteiger partial charge >= 0.3 is 0 Å². The average molecular weight is 286 g/mol. The van der Waals surface area contributed by atoms with E-state index in [0.717, 1.165) is 12.1 Å². The molecule has 0 aliphatic rings. The molecule has 3 aromatic carbocycles. The van der Waals surface area contributed by atoms with Crippen molar-refractivity contribution in [3.63, 3.8) is 0 Å². The summed E-state index contributed by atoms with van der Waals surface area (Å²) in [4.78, 5) is 0. The van der Waals surface area contributed by atoms with Gasteiger partial charge in [-0.25, -0.2) is 0 Å². The van der Waals surface area contributed by atoms with Crippen LogP contribution in [0.15, 0.2) is 66.7 Å². The molecular weight excluding hydrogens is 268 g/mol. The summed E-state index contributed by atoms with van der Waals surface area (Å²) in [6.07, 6.45) is 0. The Morgan fingerprint density at radius 3 is 2.64 bits per heavy atom. The molecule has 0 fully saturated rings. The number of nitrogens with one attached hydrogen (secondary N) is 1. The van der Waals surface area contributed by atoms with Crippen molar-refractivity contribution >= 4 is 10.8 Å². The molecule has 108 valence electrons. The molecular formula is C20H18N2. The van der Waals surface area contributed by atoms with Crippen molar-refractivity contribution < 1.29 is 0 Å². The fraction of sp³-hybridized carbons (Fsp3) is 0.150. The Kier molecular flexibility index (Phi) is 4.18. The zero-order valence-electron chi connectivity index (χ0n) is 12.6. The fourth-order valence-electron chi connectivity index (χ4n) is 2.76. The van der Waals surface area contributed by atoms with Crippen molar-refractivity contribution in [2.75, 3.05) is 0 Å². The van der Waals surface area contributed by atoms with Crippen LogP contribution < -0.4 is 5.32 Å². The molecule has 0 saturated carbocycles. The van der Waals surface area contributed by atoms with Gasteiger partial charge in [-0.2, -0.15) is 5.26 Å². The highest BCUT2D eigenvalue weighted by molar-refractivity contribution is 5.86. The molecule has 0 aliphatic heterocycles. The van der Waals surface area contributed by atoms with E-state index in [9.17, 15) is 0 Å². The van der Waals surface area contributed by atoms with Gasteiger partial charge in [0.1, 0.15) is 0 Å². The summed E-state index contributed by atoms with van der Waals surface area (Å²) in [6, 6.07) is 25.0. The second-order valence-electron chi connectivity index (χ2n) is 5.48. The molecule has 0 spiro atoms. The second kappa shape index (κ2) is 6.43. The summed E-state index contributed by atoms with van der Waals surface area (Å²) >= 11 is 0. The third-order valence-corrected chi connectivity index (χ3v) is 3.96. The molecule has 0 bridgehead atoms. The third kappa shape index (κ3) is 3.00. The number of hydrogen-bond donors (Lipinski definition) is 1. The first-order valence-corrected chi connectivity index (χ1v) is 7.48. The van der Waals surface area contributed by atoms with E-state index < -0.39 is 0 Å². The normalized spacial score (nSPS) is 12.0. The number of nitrogens with zero attached hydrogens (tertiary/aromatic N) is 1. The Labute approximate surface area is 131 Å². The molecule has 0 radical (unpaired) electrons. The number of fused-ring (bicyclic) bond motifs is 1. The van der Waals surface area contributed by atoms with E-state index in [2.05, 4.69) is 60.8 Å². The predicted molar refractivity (Wildman–Crippen MR) is 90.4 cm³/mol. The van der Waals surface area contributed by atoms with Gasteiger partial charge in [0, 0.05) is 12.6 Å². The first-order chi connectivity index (χ1) is 10.8. The predicted octanol–water partition coefficient (Wildman–Crippen LogP) is 4.56. The lowest BCUT2D eigenvalue weighted by molar-refractivity contribution is 0.578. The minimum Gasteiger partial charge on any atom is -0.306 e. The van der Waals surface area contributed by atoms with Crippen LogP contribution in [0, 0.1) is 11.3 Å². The minimum absolute atomic E-state index is 0.247. The maximum Gasteiger partial charge on any atom is 0.0991 e. The molecule has 1 atom stereocenters. The van der Waals surface area contributed by atoms with Crippen LogP contribution in [0.5, 0.6) is 0 Å². The Morgan fingerprint density at radius 2 is 1.77 bits per heavy atom. The third-order valence-electron chi connectivity index (χ3n) is 3.96. The molecule has 0 saturated heterocycles. The summed E-state index contributed by atoms with van der Waals surface area (Å²) in [6.45, 7) is 2.93. The summed E-state index contributed by atoms with van der Waals surface area (Å²) < 4.78 is 0. The molecule has 1 N–H and O–H groups in total. The van der Waals surface area contributed by atoms with Crippen LogP contribution in [0.2, 0.25) is 0 Å². The van der Waals surface area contributed by atoms with E-state index in [4.69, 9.17) is 5.26 Å². The SMILES string of the molecule is C[C@@H](NCc1cccc(C#N)c1)c1cccc2ccccc12. The first-order valence-electron chi connectivity index (χ1n) is 7.48. The van der Waals surface area contributed by atoms with Crippen LogP contribution >= 0.6 is 0 Å². The number of rotatable bonds is 4. The van der Waals surface area contributed by atoms with Crippen molar-refractivity contribution in [2.45, 2.75) is 19.5 Å². The highest BCUT2D eigenvalue weighted by atomic mass is 14.9. The Morgan fingerprint density at radius 1 is 1.00 bits per heavy atom. The zero-order valence-corrected chi connectivity index (χ0v) is 12.6. The lowest BCUT2D eigenvalue weighted by Gasteiger charge is -2.17. The monoisotopic (exact) mass is 286 g/mol. The van der Waals surface area contributed by atoms with E-state index in [1.165, 1.54) is 16.3 Å². The highest BCUT2D eigenvalue weighted by Crippen LogP contribution is 2.24. The molecule has 3 aromatic rings. The average Bonchev–Trinajstić information content (AvgIpc) is 2.59. The lowest BCUT2D eigenvalue weighted by Crippen LogP contribution is -2.18. The summed E-state index contributed by atoms with van der Waals surface area (Å²) in [7, 11) is 0. The van der Waals surface area contributed by atoms with Crippen molar-refractivity contribution in [3.8, 4) is 6.07 Å². The van der Waals surface area contributed by atoms with Crippen LogP contribution in [0.1, 0.15) is 29.7 Å². The van der Waals surface area contributed by atoms with Gasteiger partial charge in [-0.15, -0.1) is 0 Å². The number of benzene rings is 3. The van der Waals surface area contributed by atoms with Crippen molar-refractivity contribution in [2.24, 2.45) is 0 Å². The molecule has 0 unspecified atom stereocenters. The van der Waals surface area contributed by atoms with Crippen LogP contribution in [0.25, 0.3) is 10.8 Å². The number of nitriles is 1. The molecule has 0 aliphatic carbocycles. The van der Waals surface area contributed by atoms with Gasteiger partial charge in [0.15, 0.2) is 0 Å². The van der Waals surface area contributed by atoms with Gasteiger partial charge in [0.2, 0.25) is 0 Å². The van der Waals surface area contributed by atoms with Gasteiger partial charge < -0.3 is 5.32 Å². The fourth-order valence-corrected chi connectivity index (χ4v) is 2.76. The Balaban J connectivity index is 1.79. The largest absolute Gasteiger partial charge is 0.306 e. The summed E-state index contributed by atoms with van der Waals surface area (Å²) in [5.41, 5.74) is 3.14. The highest BCUT2D eigenvalue weighted by Gasteiger charge is 2.08. The van der Waals surface area contributed by atoms with E-state index in [1.807, 2.05) is 24.3 Å². The van der Waals surface area contributed by atoms with Crippen LogP contribution in [0.3, 0.4) is 0 Å². The quantitative estimate of drug-likeness (QED) is 0.763. The topological polar surface area (TPSA) is 35.8 Å². The molecule has 2 heteroatoms. The zero-order chi connectivity index (χ0) is 15.4. The number of hydrogen-bond acceptors (Lipinski definition) is 2. The first kappa shape index (κ1) is 14.3. The molecule has 0 aromatic heterocycles. The van der Waals surface area contributed by atoms with Crippen molar-refractivity contribution in [3.05, 3.63) is 83.4 Å². The van der Waals surface area contributed by atoms with E-state index in [-0.39, 0.29) is 6.04 Å². The van der Waals surface area contributed by atoms with Crippen LogP contribution in [-0.4, -0.2) is 0 Å². The van der Waals surface area contributed by atoms with Gasteiger partial charge in [0.25, 0.3) is 0 Å². The van der Waals surface area contributed by atoms with Crippen LogP contribution in [0.4, 0.5) is 0 Å². The smallest absolute Gasteiger partial charge is 0.0991 e. The summed E-state index contributed by atoms with van der Waals surface area (Å²) in [5, 5.41) is 15.1. The summed E-state index contributed by atoms with van der Waals surface area (Å²) in [5.74, 6) is 0. The van der Waals surface area contributed by atoms with Gasteiger partial charge in [-0.3, -0.25) is 0 Å². The molecule has 2 nitrogen and oxygen atoms in total. The van der Waals surface area contributed by atoms with E-state index in [0.29, 0.717) is 5.56 Å². The molecule has 0 heterocycles.